The Labute approximate surface area is 130 Å². The van der Waals surface area contributed by atoms with Crippen LogP contribution in [0.3, 0.4) is 0 Å². The molecule has 1 aromatic carbocycles. The molecule has 0 aliphatic carbocycles. The monoisotopic (exact) mass is 363 g/mol. The lowest BCUT2D eigenvalue weighted by Crippen LogP contribution is -2.47. The molecule has 1 heterocycles. The van der Waals surface area contributed by atoms with Crippen LogP contribution >= 0.6 is 39.3 Å². The Morgan fingerprint density at radius 2 is 2.42 bits per heavy atom. The molecule has 1 aliphatic heterocycles. The van der Waals surface area contributed by atoms with Gasteiger partial charge in [-0.1, -0.05) is 11.6 Å². The average Bonchev–Trinajstić information content (AvgIpc) is 2.84. The average molecular weight is 365 g/mol. The van der Waals surface area contributed by atoms with E-state index in [2.05, 4.69) is 21.2 Å². The Morgan fingerprint density at radius 1 is 1.63 bits per heavy atom. The standard InChI is InChI=1S/C13H15BrClNO2S/c1-2-18-12(17)13(5-6-19-8-13)16-9-3-4-11(15)10(14)7-9/h3-4,7,16H,2,5-6,8H2,1H3. The second kappa shape index (κ2) is 6.37. The van der Waals surface area contributed by atoms with Gasteiger partial charge in [-0.15, -0.1) is 0 Å². The van der Waals surface area contributed by atoms with Crippen molar-refractivity contribution in [3.8, 4) is 0 Å². The summed E-state index contributed by atoms with van der Waals surface area (Å²) in [4.78, 5) is 12.2. The minimum atomic E-state index is -0.617. The third-order valence-electron chi connectivity index (χ3n) is 2.99. The van der Waals surface area contributed by atoms with Crippen LogP contribution in [0, 0.1) is 0 Å². The first kappa shape index (κ1) is 15.0. The molecule has 0 amide bonds. The maximum Gasteiger partial charge on any atom is 0.332 e. The van der Waals surface area contributed by atoms with Gasteiger partial charge < -0.3 is 10.1 Å². The second-order valence-electron chi connectivity index (χ2n) is 4.36. The van der Waals surface area contributed by atoms with E-state index in [0.29, 0.717) is 11.6 Å². The van der Waals surface area contributed by atoms with E-state index in [-0.39, 0.29) is 5.97 Å². The van der Waals surface area contributed by atoms with Gasteiger partial charge in [0.1, 0.15) is 5.54 Å². The zero-order valence-electron chi connectivity index (χ0n) is 10.5. The molecule has 1 fully saturated rings. The number of esters is 1. The minimum absolute atomic E-state index is 0.175. The van der Waals surface area contributed by atoms with Gasteiger partial charge in [-0.3, -0.25) is 0 Å². The molecule has 0 bridgehead atoms. The van der Waals surface area contributed by atoms with Gasteiger partial charge in [0, 0.05) is 15.9 Å². The summed E-state index contributed by atoms with van der Waals surface area (Å²) >= 11 is 11.1. The highest BCUT2D eigenvalue weighted by atomic mass is 79.9. The fraction of sp³-hybridized carbons (Fsp3) is 0.462. The van der Waals surface area contributed by atoms with Crippen molar-refractivity contribution in [3.63, 3.8) is 0 Å². The lowest BCUT2D eigenvalue weighted by Gasteiger charge is -2.28. The van der Waals surface area contributed by atoms with E-state index in [9.17, 15) is 4.79 Å². The Balaban J connectivity index is 2.21. The summed E-state index contributed by atoms with van der Waals surface area (Å²) in [5.41, 5.74) is 0.250. The van der Waals surface area contributed by atoms with Gasteiger partial charge in [-0.05, 0) is 53.2 Å². The molecule has 19 heavy (non-hydrogen) atoms. The molecule has 0 aromatic heterocycles. The second-order valence-corrected chi connectivity index (χ2v) is 6.73. The molecule has 1 aromatic rings. The Bertz CT molecular complexity index is 478. The van der Waals surface area contributed by atoms with Crippen LogP contribution < -0.4 is 5.32 Å². The van der Waals surface area contributed by atoms with E-state index in [0.717, 1.165) is 28.1 Å². The number of nitrogens with one attached hydrogen (secondary N) is 1. The largest absolute Gasteiger partial charge is 0.464 e. The van der Waals surface area contributed by atoms with Gasteiger partial charge in [-0.25, -0.2) is 4.79 Å². The van der Waals surface area contributed by atoms with Gasteiger partial charge in [0.2, 0.25) is 0 Å². The predicted octanol–water partition coefficient (Wildman–Crippen LogP) is 3.95. The molecule has 1 N–H and O–H groups in total. The van der Waals surface area contributed by atoms with Crippen molar-refractivity contribution >= 4 is 50.9 Å². The quantitative estimate of drug-likeness (QED) is 0.821. The van der Waals surface area contributed by atoms with Gasteiger partial charge in [0.05, 0.1) is 11.6 Å². The molecule has 6 heteroatoms. The van der Waals surface area contributed by atoms with Crippen LogP contribution in [-0.2, 0) is 9.53 Å². The van der Waals surface area contributed by atoms with Crippen LogP contribution in [0.25, 0.3) is 0 Å². The van der Waals surface area contributed by atoms with Crippen molar-refractivity contribution in [3.05, 3.63) is 27.7 Å². The molecular formula is C13H15BrClNO2S. The van der Waals surface area contributed by atoms with Gasteiger partial charge in [0.15, 0.2) is 0 Å². The number of carbonyl (C=O) groups excluding carboxylic acids is 1. The van der Waals surface area contributed by atoms with Gasteiger partial charge in [0.25, 0.3) is 0 Å². The maximum atomic E-state index is 12.2. The number of ether oxygens (including phenoxy) is 1. The number of thioether (sulfide) groups is 1. The Morgan fingerprint density at radius 3 is 3.00 bits per heavy atom. The van der Waals surface area contributed by atoms with E-state index in [1.807, 2.05) is 19.1 Å². The summed E-state index contributed by atoms with van der Waals surface area (Å²) < 4.78 is 6.01. The molecule has 0 saturated carbocycles. The van der Waals surface area contributed by atoms with Gasteiger partial charge >= 0.3 is 5.97 Å². The zero-order chi connectivity index (χ0) is 13.9. The Kier molecular flexibility index (Phi) is 5.03. The number of benzene rings is 1. The number of rotatable bonds is 4. The first-order valence-corrected chi connectivity index (χ1v) is 8.38. The Hall–Kier alpha value is -0.390. The van der Waals surface area contributed by atoms with Crippen molar-refractivity contribution < 1.29 is 9.53 Å². The highest BCUT2D eigenvalue weighted by Gasteiger charge is 2.43. The summed E-state index contributed by atoms with van der Waals surface area (Å²) in [5.74, 6) is 1.51. The van der Waals surface area contributed by atoms with E-state index in [4.69, 9.17) is 16.3 Å². The third kappa shape index (κ3) is 3.38. The van der Waals surface area contributed by atoms with Crippen LogP contribution in [0.1, 0.15) is 13.3 Å². The normalized spacial score (nSPS) is 22.3. The zero-order valence-corrected chi connectivity index (χ0v) is 13.7. The molecular weight excluding hydrogens is 350 g/mol. The molecule has 104 valence electrons. The van der Waals surface area contributed by atoms with E-state index in [1.165, 1.54) is 0 Å². The lowest BCUT2D eigenvalue weighted by molar-refractivity contribution is -0.147. The van der Waals surface area contributed by atoms with E-state index < -0.39 is 5.54 Å². The van der Waals surface area contributed by atoms with Crippen LogP contribution in [0.5, 0.6) is 0 Å². The summed E-state index contributed by atoms with van der Waals surface area (Å²) in [6.07, 6.45) is 0.775. The highest BCUT2D eigenvalue weighted by Crippen LogP contribution is 2.34. The highest BCUT2D eigenvalue weighted by molar-refractivity contribution is 9.10. The number of anilines is 1. The summed E-state index contributed by atoms with van der Waals surface area (Å²) in [6, 6.07) is 5.55. The fourth-order valence-electron chi connectivity index (χ4n) is 1.99. The van der Waals surface area contributed by atoms with E-state index in [1.54, 1.807) is 17.8 Å². The van der Waals surface area contributed by atoms with Crippen molar-refractivity contribution in [2.24, 2.45) is 0 Å². The number of carbonyl (C=O) groups is 1. The molecule has 1 aliphatic rings. The molecule has 0 spiro atoms. The molecule has 2 rings (SSSR count). The first-order valence-electron chi connectivity index (χ1n) is 6.05. The molecule has 1 saturated heterocycles. The first-order chi connectivity index (χ1) is 9.07. The van der Waals surface area contributed by atoms with Crippen LogP contribution in [0.2, 0.25) is 5.02 Å². The molecule has 1 atom stereocenters. The van der Waals surface area contributed by atoms with Crippen molar-refractivity contribution in [2.45, 2.75) is 18.9 Å². The molecule has 3 nitrogen and oxygen atoms in total. The SMILES string of the molecule is CCOC(=O)C1(Nc2ccc(Cl)c(Br)c2)CCSC1. The maximum absolute atomic E-state index is 12.2. The van der Waals surface area contributed by atoms with Crippen LogP contribution in [-0.4, -0.2) is 29.6 Å². The summed E-state index contributed by atoms with van der Waals surface area (Å²) in [7, 11) is 0. The predicted molar refractivity (Wildman–Crippen MR) is 84.1 cm³/mol. The third-order valence-corrected chi connectivity index (χ3v) is 5.39. The van der Waals surface area contributed by atoms with Crippen molar-refractivity contribution in [1.29, 1.82) is 0 Å². The van der Waals surface area contributed by atoms with Crippen LogP contribution in [0.4, 0.5) is 5.69 Å². The summed E-state index contributed by atoms with van der Waals surface area (Å²) in [6.45, 7) is 2.23. The van der Waals surface area contributed by atoms with Crippen molar-refractivity contribution in [1.82, 2.24) is 0 Å². The van der Waals surface area contributed by atoms with Gasteiger partial charge in [-0.2, -0.15) is 11.8 Å². The van der Waals surface area contributed by atoms with E-state index >= 15 is 0 Å². The summed E-state index contributed by atoms with van der Waals surface area (Å²) in [5, 5.41) is 3.97. The minimum Gasteiger partial charge on any atom is -0.464 e. The van der Waals surface area contributed by atoms with Crippen molar-refractivity contribution in [2.75, 3.05) is 23.4 Å². The lowest BCUT2D eigenvalue weighted by atomic mass is 9.98. The number of hydrogen-bond donors (Lipinski definition) is 1. The number of halogens is 2. The fourth-order valence-corrected chi connectivity index (χ4v) is 3.81. The topological polar surface area (TPSA) is 38.3 Å². The molecule has 1 unspecified atom stereocenters. The molecule has 0 radical (unpaired) electrons. The smallest absolute Gasteiger partial charge is 0.332 e. The van der Waals surface area contributed by atoms with Crippen LogP contribution in [0.15, 0.2) is 22.7 Å². The number of hydrogen-bond acceptors (Lipinski definition) is 4.